The Balaban J connectivity index is 1.94. The highest BCUT2D eigenvalue weighted by molar-refractivity contribution is 7.31. The number of benzene rings is 2. The molecule has 2 unspecified atom stereocenters. The lowest BCUT2D eigenvalue weighted by molar-refractivity contribution is -0.155. The molecule has 1 saturated heterocycles. The summed E-state index contributed by atoms with van der Waals surface area (Å²) in [4.78, 5) is 13.0. The van der Waals surface area contributed by atoms with Crippen molar-refractivity contribution < 1.29 is 9.42 Å². The van der Waals surface area contributed by atoms with Crippen LogP contribution in [0.25, 0.3) is 0 Å². The molecular weight excluding hydrogens is 319 g/mol. The van der Waals surface area contributed by atoms with Gasteiger partial charge >= 0.3 is 0 Å². The minimum Gasteiger partial charge on any atom is -0.377 e. The van der Waals surface area contributed by atoms with Crippen molar-refractivity contribution in [2.75, 3.05) is 18.5 Å². The number of nitrogens with one attached hydrogen (secondary N) is 1. The number of para-hydroxylation sites is 1. The number of carbonyl (C=O) groups excluding carboxylic acids is 1. The number of nitrogens with zero attached hydrogens (tertiary/aromatic N) is 1. The summed E-state index contributed by atoms with van der Waals surface area (Å²) in [5, 5.41) is 5.10. The molecule has 4 nitrogen and oxygen atoms in total. The molecule has 5 heteroatoms. The second-order valence-corrected chi connectivity index (χ2v) is 6.82. The Morgan fingerprint density at radius 2 is 1.75 bits per heavy atom. The molecule has 3 rings (SSSR count). The van der Waals surface area contributed by atoms with Crippen molar-refractivity contribution in [3.8, 4) is 0 Å². The van der Waals surface area contributed by atoms with Crippen LogP contribution >= 0.6 is 8.81 Å². The first-order chi connectivity index (χ1) is 11.6. The monoisotopic (exact) mass is 342 g/mol. The average molecular weight is 342 g/mol. The summed E-state index contributed by atoms with van der Waals surface area (Å²) in [5.41, 5.74) is 1.58. The molecule has 0 radical (unpaired) electrons. The molecule has 1 aliphatic heterocycles. The Bertz CT molecular complexity index is 680. The number of rotatable bonds is 6. The fourth-order valence-corrected chi connectivity index (χ4v) is 3.64. The number of hydrogen-bond donors (Lipinski definition) is 1. The normalized spacial score (nSPS) is 22.2. The van der Waals surface area contributed by atoms with Gasteiger partial charge in [0.1, 0.15) is 0 Å². The molecule has 0 bridgehead atoms. The minimum atomic E-state index is -0.545. The standard InChI is InChI=1S/C19H23N2O2P/c1-19(13-14-21(18(19)22)23-24-2)17(15-9-5-3-6-10-15)20-16-11-7-4-8-12-16/h3-12,17,20,24H,13-14H2,1-2H3/t17?,19-/m0/s1. The summed E-state index contributed by atoms with van der Waals surface area (Å²) in [7, 11) is 0.272. The zero-order chi connectivity index (χ0) is 17.0. The summed E-state index contributed by atoms with van der Waals surface area (Å²) in [6.45, 7) is 4.60. The van der Waals surface area contributed by atoms with E-state index in [1.807, 2.05) is 62.1 Å². The number of hydroxylamine groups is 2. The molecule has 2 aromatic carbocycles. The van der Waals surface area contributed by atoms with Crippen LogP contribution in [-0.2, 0) is 9.42 Å². The summed E-state index contributed by atoms with van der Waals surface area (Å²) in [6, 6.07) is 20.1. The molecule has 1 heterocycles. The molecule has 0 saturated carbocycles. The van der Waals surface area contributed by atoms with Crippen LogP contribution in [0.5, 0.6) is 0 Å². The summed E-state index contributed by atoms with van der Waals surface area (Å²) >= 11 is 0. The smallest absolute Gasteiger partial charge is 0.254 e. The molecule has 0 spiro atoms. The van der Waals surface area contributed by atoms with Gasteiger partial charge in [0.15, 0.2) is 0 Å². The van der Waals surface area contributed by atoms with E-state index in [1.54, 1.807) is 0 Å². The third kappa shape index (κ3) is 3.31. The van der Waals surface area contributed by atoms with E-state index in [0.29, 0.717) is 6.54 Å². The highest BCUT2D eigenvalue weighted by Gasteiger charge is 2.49. The minimum absolute atomic E-state index is 0.0501. The maximum Gasteiger partial charge on any atom is 0.254 e. The van der Waals surface area contributed by atoms with Gasteiger partial charge in [0.25, 0.3) is 5.91 Å². The number of carbonyl (C=O) groups is 1. The van der Waals surface area contributed by atoms with Crippen LogP contribution < -0.4 is 5.32 Å². The summed E-state index contributed by atoms with van der Waals surface area (Å²) < 4.78 is 5.53. The van der Waals surface area contributed by atoms with Crippen LogP contribution in [0.2, 0.25) is 0 Å². The maximum absolute atomic E-state index is 13.0. The van der Waals surface area contributed by atoms with E-state index in [2.05, 4.69) is 17.4 Å². The van der Waals surface area contributed by atoms with E-state index in [1.165, 1.54) is 5.06 Å². The van der Waals surface area contributed by atoms with Gasteiger partial charge in [0.2, 0.25) is 0 Å². The van der Waals surface area contributed by atoms with Gasteiger partial charge in [0, 0.05) is 14.5 Å². The second kappa shape index (κ2) is 7.33. The molecule has 0 aromatic heterocycles. The predicted molar refractivity (Wildman–Crippen MR) is 99.0 cm³/mol. The van der Waals surface area contributed by atoms with Crippen LogP contribution in [0.4, 0.5) is 5.69 Å². The summed E-state index contributed by atoms with van der Waals surface area (Å²) in [6.07, 6.45) is 0.760. The van der Waals surface area contributed by atoms with Crippen molar-refractivity contribution in [2.45, 2.75) is 19.4 Å². The van der Waals surface area contributed by atoms with Gasteiger partial charge in [-0.3, -0.25) is 9.42 Å². The van der Waals surface area contributed by atoms with E-state index in [0.717, 1.165) is 17.7 Å². The van der Waals surface area contributed by atoms with Gasteiger partial charge in [-0.1, -0.05) is 48.5 Å². The molecule has 1 fully saturated rings. The lowest BCUT2D eigenvalue weighted by Crippen LogP contribution is -2.39. The highest BCUT2D eigenvalue weighted by atomic mass is 31.1. The van der Waals surface area contributed by atoms with E-state index >= 15 is 0 Å². The third-order valence-electron chi connectivity index (χ3n) is 4.61. The molecule has 1 N–H and O–H groups in total. The maximum atomic E-state index is 13.0. The Kier molecular flexibility index (Phi) is 5.17. The highest BCUT2D eigenvalue weighted by Crippen LogP contribution is 2.45. The molecule has 2 aromatic rings. The van der Waals surface area contributed by atoms with Gasteiger partial charge in [-0.15, -0.1) is 0 Å². The zero-order valence-electron chi connectivity index (χ0n) is 14.0. The van der Waals surface area contributed by atoms with Gasteiger partial charge in [-0.2, -0.15) is 0 Å². The van der Waals surface area contributed by atoms with E-state index < -0.39 is 5.41 Å². The molecule has 1 amide bonds. The van der Waals surface area contributed by atoms with E-state index in [4.69, 9.17) is 4.62 Å². The molecule has 126 valence electrons. The summed E-state index contributed by atoms with van der Waals surface area (Å²) in [5.74, 6) is 0.0501. The zero-order valence-corrected chi connectivity index (χ0v) is 15.0. The van der Waals surface area contributed by atoms with Gasteiger partial charge in [-0.25, -0.2) is 5.06 Å². The van der Waals surface area contributed by atoms with E-state index in [9.17, 15) is 4.79 Å². The Morgan fingerprint density at radius 3 is 2.38 bits per heavy atom. The third-order valence-corrected chi connectivity index (χ3v) is 5.01. The second-order valence-electron chi connectivity index (χ2n) is 6.22. The average Bonchev–Trinajstić information content (AvgIpc) is 2.91. The van der Waals surface area contributed by atoms with Crippen LogP contribution in [-0.4, -0.2) is 24.2 Å². The topological polar surface area (TPSA) is 41.6 Å². The van der Waals surface area contributed by atoms with Crippen LogP contribution in [0.3, 0.4) is 0 Å². The number of amides is 1. The van der Waals surface area contributed by atoms with Crippen molar-refractivity contribution in [1.82, 2.24) is 5.06 Å². The number of anilines is 1. The molecule has 1 aliphatic rings. The Labute approximate surface area is 145 Å². The molecule has 0 aliphatic carbocycles. The van der Waals surface area contributed by atoms with E-state index in [-0.39, 0.29) is 20.8 Å². The van der Waals surface area contributed by atoms with Crippen molar-refractivity contribution in [1.29, 1.82) is 0 Å². The first-order valence-corrected chi connectivity index (χ1v) is 9.58. The van der Waals surface area contributed by atoms with Crippen LogP contribution in [0.1, 0.15) is 24.9 Å². The van der Waals surface area contributed by atoms with Crippen molar-refractivity contribution in [3.05, 3.63) is 66.2 Å². The van der Waals surface area contributed by atoms with Gasteiger partial charge in [0.05, 0.1) is 18.0 Å². The molecule has 3 atom stereocenters. The first kappa shape index (κ1) is 16.9. The fourth-order valence-electron chi connectivity index (χ4n) is 3.25. The first-order valence-electron chi connectivity index (χ1n) is 8.17. The lowest BCUT2D eigenvalue weighted by Gasteiger charge is -2.34. The van der Waals surface area contributed by atoms with Crippen LogP contribution in [0, 0.1) is 5.41 Å². The van der Waals surface area contributed by atoms with Crippen molar-refractivity contribution in [3.63, 3.8) is 0 Å². The van der Waals surface area contributed by atoms with Crippen molar-refractivity contribution in [2.24, 2.45) is 5.41 Å². The number of hydrogen-bond acceptors (Lipinski definition) is 3. The largest absolute Gasteiger partial charge is 0.377 e. The fraction of sp³-hybridized carbons (Fsp3) is 0.316. The molecule has 24 heavy (non-hydrogen) atoms. The Hall–Kier alpha value is -1.90. The van der Waals surface area contributed by atoms with Crippen LogP contribution in [0.15, 0.2) is 60.7 Å². The Morgan fingerprint density at radius 1 is 1.12 bits per heavy atom. The predicted octanol–water partition coefficient (Wildman–Crippen LogP) is 4.23. The quantitative estimate of drug-likeness (QED) is 0.799. The van der Waals surface area contributed by atoms with Crippen molar-refractivity contribution >= 4 is 20.4 Å². The lowest BCUT2D eigenvalue weighted by atomic mass is 9.77. The SMILES string of the molecule is CPON1CC[C@@](C)(C(Nc2ccccc2)c2ccccc2)C1=O. The molecular formula is C19H23N2O2P. The van der Waals surface area contributed by atoms with Gasteiger partial charge < -0.3 is 5.32 Å². The van der Waals surface area contributed by atoms with Gasteiger partial charge in [-0.05, 0) is 37.7 Å².